The van der Waals surface area contributed by atoms with Crippen molar-refractivity contribution in [2.75, 3.05) is 0 Å². The van der Waals surface area contributed by atoms with Gasteiger partial charge in [-0.05, 0) is 0 Å². The Morgan fingerprint density at radius 2 is 0.833 bits per heavy atom. The summed E-state index contributed by atoms with van der Waals surface area (Å²) in [4.78, 5) is 47.4. The summed E-state index contributed by atoms with van der Waals surface area (Å²) in [6.07, 6.45) is 0. The molecule has 96 valence electrons. The fraction of sp³-hybridized carbons (Fsp3) is 0.667. The van der Waals surface area contributed by atoms with E-state index in [1.165, 1.54) is 0 Å². The maximum Gasteiger partial charge on any atom is 0.333 e. The maximum absolute atomic E-state index is 11.8. The number of ether oxygens (including phenoxy) is 2. The van der Waals surface area contributed by atoms with Crippen molar-refractivity contribution in [3.05, 3.63) is 0 Å². The molecule has 0 unspecified atom stereocenters. The van der Waals surface area contributed by atoms with Gasteiger partial charge >= 0.3 is 23.9 Å². The van der Waals surface area contributed by atoms with Gasteiger partial charge in [-0.1, -0.05) is 27.7 Å². The average Bonchev–Trinajstić information content (AvgIpc) is 2.24. The van der Waals surface area contributed by atoms with E-state index in [-0.39, 0.29) is 0 Å². The summed E-state index contributed by atoms with van der Waals surface area (Å²) >= 11 is 0. The van der Waals surface area contributed by atoms with E-state index >= 15 is 0 Å². The second-order valence-electron chi connectivity index (χ2n) is 6.10. The van der Waals surface area contributed by atoms with Gasteiger partial charge in [0, 0.05) is 10.8 Å². The molecule has 2 heterocycles. The van der Waals surface area contributed by atoms with Gasteiger partial charge in [-0.2, -0.15) is 0 Å². The quantitative estimate of drug-likeness (QED) is 0.452. The predicted octanol–water partition coefficient (Wildman–Crippen LogP) is 0.192. The number of cyclic esters (lactones) is 4. The molecule has 0 atom stereocenters. The predicted molar refractivity (Wildman–Crippen MR) is 54.6 cm³/mol. The van der Waals surface area contributed by atoms with E-state index in [1.807, 2.05) is 0 Å². The van der Waals surface area contributed by atoms with E-state index < -0.39 is 45.5 Å². The Balaban J connectivity index is 2.31. The minimum atomic E-state index is -1.70. The van der Waals surface area contributed by atoms with Gasteiger partial charge in [0.05, 0.1) is 0 Å². The first kappa shape index (κ1) is 11.4. The number of esters is 4. The van der Waals surface area contributed by atoms with E-state index in [9.17, 15) is 19.2 Å². The highest BCUT2D eigenvalue weighted by molar-refractivity contribution is 6.30. The van der Waals surface area contributed by atoms with Crippen LogP contribution in [0, 0.1) is 21.7 Å². The highest BCUT2D eigenvalue weighted by atomic mass is 16.6. The summed E-state index contributed by atoms with van der Waals surface area (Å²) in [5.41, 5.74) is -5.09. The van der Waals surface area contributed by atoms with Crippen LogP contribution >= 0.6 is 0 Å². The van der Waals surface area contributed by atoms with E-state index in [0.717, 1.165) is 0 Å². The van der Waals surface area contributed by atoms with Gasteiger partial charge < -0.3 is 9.47 Å². The lowest BCUT2D eigenvalue weighted by atomic mass is 9.24. The summed E-state index contributed by atoms with van der Waals surface area (Å²) in [7, 11) is 0. The Hall–Kier alpha value is -1.72. The number of fused-ring (bicyclic) bond motifs is 1. The fourth-order valence-electron chi connectivity index (χ4n) is 3.99. The highest BCUT2D eigenvalue weighted by Gasteiger charge is 3.00. The molecule has 3 aliphatic rings. The van der Waals surface area contributed by atoms with Crippen LogP contribution in [-0.2, 0) is 28.7 Å². The van der Waals surface area contributed by atoms with Gasteiger partial charge in [0.25, 0.3) is 0 Å². The maximum atomic E-state index is 11.8. The van der Waals surface area contributed by atoms with Gasteiger partial charge in [-0.15, -0.1) is 0 Å². The first-order valence-electron chi connectivity index (χ1n) is 5.63. The monoisotopic (exact) mass is 252 g/mol. The third kappa shape index (κ3) is 0.573. The molecule has 6 heteroatoms. The van der Waals surface area contributed by atoms with Crippen LogP contribution in [0.2, 0.25) is 0 Å². The molecule has 18 heavy (non-hydrogen) atoms. The van der Waals surface area contributed by atoms with Crippen LogP contribution in [0.1, 0.15) is 27.7 Å². The largest absolute Gasteiger partial charge is 0.391 e. The van der Waals surface area contributed by atoms with Gasteiger partial charge in [0.15, 0.2) is 10.8 Å². The molecule has 6 nitrogen and oxygen atoms in total. The van der Waals surface area contributed by atoms with Crippen molar-refractivity contribution in [1.82, 2.24) is 0 Å². The lowest BCUT2D eigenvalue weighted by molar-refractivity contribution is -0.332. The Labute approximate surface area is 103 Å². The molecule has 0 N–H and O–H groups in total. The summed E-state index contributed by atoms with van der Waals surface area (Å²) < 4.78 is 8.83. The zero-order valence-electron chi connectivity index (χ0n) is 10.4. The van der Waals surface area contributed by atoms with Crippen molar-refractivity contribution in [1.29, 1.82) is 0 Å². The van der Waals surface area contributed by atoms with Crippen molar-refractivity contribution < 1.29 is 28.7 Å². The fourth-order valence-corrected chi connectivity index (χ4v) is 3.99. The summed E-state index contributed by atoms with van der Waals surface area (Å²) in [6, 6.07) is 0. The first-order chi connectivity index (χ1) is 8.10. The summed E-state index contributed by atoms with van der Waals surface area (Å²) in [5.74, 6) is -3.22. The van der Waals surface area contributed by atoms with E-state index in [0.29, 0.717) is 0 Å². The smallest absolute Gasteiger partial charge is 0.333 e. The van der Waals surface area contributed by atoms with Gasteiger partial charge in [0.2, 0.25) is 0 Å². The Kier molecular flexibility index (Phi) is 1.50. The minimum absolute atomic E-state index is 0.804. The lowest BCUT2D eigenvalue weighted by Crippen LogP contribution is -2.92. The Morgan fingerprint density at radius 1 is 0.611 bits per heavy atom. The van der Waals surface area contributed by atoms with Crippen molar-refractivity contribution in [2.24, 2.45) is 21.7 Å². The van der Waals surface area contributed by atoms with Crippen molar-refractivity contribution >= 4 is 23.9 Å². The minimum Gasteiger partial charge on any atom is -0.391 e. The average molecular weight is 252 g/mol. The molecule has 0 aromatic rings. The number of carbonyl (C=O) groups is 4. The SMILES string of the molecule is CC1(C)C(C)(C)C2(C(=O)OC2=O)C12C(=O)OC2=O. The van der Waals surface area contributed by atoms with Crippen LogP contribution in [0.5, 0.6) is 0 Å². The topological polar surface area (TPSA) is 86.7 Å². The van der Waals surface area contributed by atoms with Crippen LogP contribution in [-0.4, -0.2) is 23.9 Å². The molecule has 0 aromatic carbocycles. The second kappa shape index (κ2) is 2.37. The molecule has 2 spiro atoms. The van der Waals surface area contributed by atoms with Crippen molar-refractivity contribution in [3.63, 3.8) is 0 Å². The molecular formula is C12H12O6. The molecule has 3 fully saturated rings. The molecular weight excluding hydrogens is 240 g/mol. The molecule has 0 amide bonds. The molecule has 0 aromatic heterocycles. The second-order valence-corrected chi connectivity index (χ2v) is 6.10. The summed E-state index contributed by atoms with van der Waals surface area (Å²) in [6.45, 7) is 6.76. The van der Waals surface area contributed by atoms with Crippen LogP contribution in [0.4, 0.5) is 0 Å². The van der Waals surface area contributed by atoms with E-state index in [1.54, 1.807) is 27.7 Å². The van der Waals surface area contributed by atoms with Gasteiger partial charge in [-0.25, -0.2) is 0 Å². The van der Waals surface area contributed by atoms with Gasteiger partial charge in [-0.3, -0.25) is 19.2 Å². The molecule has 0 radical (unpaired) electrons. The number of hydrogen-bond acceptors (Lipinski definition) is 6. The normalized spacial score (nSPS) is 32.2. The van der Waals surface area contributed by atoms with Crippen LogP contribution in [0.25, 0.3) is 0 Å². The third-order valence-electron chi connectivity index (χ3n) is 5.60. The lowest BCUT2D eigenvalue weighted by Gasteiger charge is -2.76. The number of carbonyl (C=O) groups excluding carboxylic acids is 4. The molecule has 2 saturated heterocycles. The third-order valence-corrected chi connectivity index (χ3v) is 5.60. The molecule has 1 saturated carbocycles. The van der Waals surface area contributed by atoms with E-state index in [4.69, 9.17) is 0 Å². The van der Waals surface area contributed by atoms with Gasteiger partial charge in [0.1, 0.15) is 0 Å². The molecule has 2 aliphatic heterocycles. The zero-order chi connectivity index (χ0) is 13.7. The summed E-state index contributed by atoms with van der Waals surface area (Å²) in [5, 5.41) is 0. The zero-order valence-corrected chi connectivity index (χ0v) is 10.4. The number of hydrogen-bond donors (Lipinski definition) is 0. The molecule has 0 bridgehead atoms. The molecule has 3 rings (SSSR count). The molecule has 1 aliphatic carbocycles. The van der Waals surface area contributed by atoms with Crippen molar-refractivity contribution in [3.8, 4) is 0 Å². The Bertz CT molecular complexity index is 475. The van der Waals surface area contributed by atoms with Crippen molar-refractivity contribution in [2.45, 2.75) is 27.7 Å². The van der Waals surface area contributed by atoms with Crippen LogP contribution in [0.3, 0.4) is 0 Å². The number of rotatable bonds is 0. The highest BCUT2D eigenvalue weighted by Crippen LogP contribution is 2.83. The Morgan fingerprint density at radius 3 is 1.00 bits per heavy atom. The van der Waals surface area contributed by atoms with Crippen LogP contribution in [0.15, 0.2) is 0 Å². The first-order valence-corrected chi connectivity index (χ1v) is 5.63. The standard InChI is InChI=1S/C12H12O6/c1-9(2)10(3,4)12(7(15)18-8(12)16)11(9)5(13)17-6(11)14/h1-4H3. The van der Waals surface area contributed by atoms with E-state index in [2.05, 4.69) is 9.47 Å². The van der Waals surface area contributed by atoms with Crippen LogP contribution < -0.4 is 0 Å².